The van der Waals surface area contributed by atoms with Gasteiger partial charge in [-0.25, -0.2) is 0 Å². The van der Waals surface area contributed by atoms with E-state index in [1.165, 1.54) is 0 Å². The average molecular weight is 505 g/mol. The van der Waals surface area contributed by atoms with E-state index in [0.29, 0.717) is 11.3 Å². The molecule has 0 bridgehead atoms. The highest BCUT2D eigenvalue weighted by atomic mass is 79.9. The predicted molar refractivity (Wildman–Crippen MR) is 114 cm³/mol. The molecule has 0 spiro atoms. The maximum absolute atomic E-state index is 12.6. The van der Waals surface area contributed by atoms with Crippen molar-refractivity contribution in [3.8, 4) is 17.6 Å². The van der Waals surface area contributed by atoms with Gasteiger partial charge in [0.15, 0.2) is 0 Å². The van der Waals surface area contributed by atoms with E-state index in [1.54, 1.807) is 24.3 Å². The Labute approximate surface area is 181 Å². The van der Waals surface area contributed by atoms with Crippen LogP contribution in [0.4, 0.5) is 0 Å². The predicted octanol–water partition coefficient (Wildman–Crippen LogP) is 6.49. The minimum Gasteiger partial charge on any atom is -0.457 e. The van der Waals surface area contributed by atoms with Crippen LogP contribution in [0, 0.1) is 28.6 Å². The van der Waals surface area contributed by atoms with E-state index in [-0.39, 0.29) is 23.2 Å². The SMILES string of the molecule is CC1(C)[C@H](C=C(Br)Br)[C@H]1C(=O)O[C@H](C#N)c1ccc(Oc2ccccc2)cc1. The number of esters is 1. The fourth-order valence-electron chi connectivity index (χ4n) is 3.27. The molecule has 144 valence electrons. The molecule has 28 heavy (non-hydrogen) atoms. The van der Waals surface area contributed by atoms with Crippen LogP contribution in [0.25, 0.3) is 0 Å². The molecule has 0 heterocycles. The topological polar surface area (TPSA) is 59.3 Å². The van der Waals surface area contributed by atoms with Gasteiger partial charge in [-0.15, -0.1) is 0 Å². The van der Waals surface area contributed by atoms with Gasteiger partial charge in [0.05, 0.1) is 9.31 Å². The Morgan fingerprint density at radius 2 is 1.71 bits per heavy atom. The molecule has 1 saturated carbocycles. The highest BCUT2D eigenvalue weighted by Gasteiger charge is 2.61. The first kappa shape index (κ1) is 20.6. The number of rotatable bonds is 6. The van der Waals surface area contributed by atoms with Crippen molar-refractivity contribution in [2.45, 2.75) is 20.0 Å². The number of nitrogens with zero attached hydrogens (tertiary/aromatic N) is 1. The number of allylic oxidation sites excluding steroid dienone is 1. The van der Waals surface area contributed by atoms with Crippen molar-refractivity contribution in [2.24, 2.45) is 17.3 Å². The molecule has 0 saturated heterocycles. The summed E-state index contributed by atoms with van der Waals surface area (Å²) in [4.78, 5) is 12.6. The Kier molecular flexibility index (Phi) is 6.26. The van der Waals surface area contributed by atoms with Crippen molar-refractivity contribution < 1.29 is 14.3 Å². The Bertz CT molecular complexity index is 913. The first-order valence-electron chi connectivity index (χ1n) is 8.78. The molecular formula is C22H19Br2NO3. The van der Waals surface area contributed by atoms with E-state index < -0.39 is 6.10 Å². The third-order valence-corrected chi connectivity index (χ3v) is 5.51. The maximum Gasteiger partial charge on any atom is 0.311 e. The molecule has 1 fully saturated rings. The summed E-state index contributed by atoms with van der Waals surface area (Å²) in [6.07, 6.45) is 0.995. The highest BCUT2D eigenvalue weighted by Crippen LogP contribution is 2.60. The van der Waals surface area contributed by atoms with E-state index in [4.69, 9.17) is 9.47 Å². The number of carbonyl (C=O) groups is 1. The summed E-state index contributed by atoms with van der Waals surface area (Å²) in [6, 6.07) is 18.5. The second-order valence-corrected chi connectivity index (χ2v) is 9.98. The van der Waals surface area contributed by atoms with Crippen LogP contribution in [0.15, 0.2) is 64.1 Å². The first-order chi connectivity index (χ1) is 13.3. The van der Waals surface area contributed by atoms with E-state index in [0.717, 1.165) is 9.14 Å². The molecule has 3 atom stereocenters. The van der Waals surface area contributed by atoms with E-state index in [9.17, 15) is 10.1 Å². The number of carbonyl (C=O) groups excluding carboxylic acids is 1. The number of benzene rings is 2. The van der Waals surface area contributed by atoms with Gasteiger partial charge in [0, 0.05) is 5.56 Å². The first-order valence-corrected chi connectivity index (χ1v) is 10.4. The minimum atomic E-state index is -0.952. The Morgan fingerprint density at radius 3 is 2.29 bits per heavy atom. The highest BCUT2D eigenvalue weighted by molar-refractivity contribution is 9.28. The van der Waals surface area contributed by atoms with Gasteiger partial charge in [0.1, 0.15) is 17.6 Å². The molecular weight excluding hydrogens is 486 g/mol. The van der Waals surface area contributed by atoms with Gasteiger partial charge in [-0.05, 0) is 67.5 Å². The summed E-state index contributed by atoms with van der Waals surface area (Å²) < 4.78 is 12.1. The standard InChI is InChI=1S/C22H19Br2NO3/c1-22(2)17(12-19(23)24)20(22)21(26)28-18(13-25)14-8-10-16(11-9-14)27-15-6-4-3-5-7-15/h3-12,17-18,20H,1-2H3/t17-,18-,20+/m1/s1. The van der Waals surface area contributed by atoms with Gasteiger partial charge < -0.3 is 9.47 Å². The zero-order valence-electron chi connectivity index (χ0n) is 15.4. The monoisotopic (exact) mass is 503 g/mol. The number of hydrogen-bond donors (Lipinski definition) is 0. The van der Waals surface area contributed by atoms with Gasteiger partial charge in [0.2, 0.25) is 6.10 Å². The molecule has 0 N–H and O–H groups in total. The molecule has 0 aliphatic heterocycles. The third-order valence-electron chi connectivity index (χ3n) is 4.98. The normalized spacial score (nSPS) is 20.4. The lowest BCUT2D eigenvalue weighted by molar-refractivity contribution is -0.149. The molecule has 2 aromatic carbocycles. The van der Waals surface area contributed by atoms with Crippen LogP contribution in [0.3, 0.4) is 0 Å². The molecule has 1 aliphatic rings. The van der Waals surface area contributed by atoms with Gasteiger partial charge >= 0.3 is 5.97 Å². The van der Waals surface area contributed by atoms with Crippen molar-refractivity contribution >= 4 is 37.8 Å². The van der Waals surface area contributed by atoms with Crippen LogP contribution >= 0.6 is 31.9 Å². The van der Waals surface area contributed by atoms with Gasteiger partial charge in [-0.1, -0.05) is 50.3 Å². The summed E-state index contributed by atoms with van der Waals surface area (Å²) in [6.45, 7) is 4.03. The van der Waals surface area contributed by atoms with Crippen LogP contribution in [-0.4, -0.2) is 5.97 Å². The fraction of sp³-hybridized carbons (Fsp3) is 0.273. The largest absolute Gasteiger partial charge is 0.457 e. The molecule has 1 aliphatic carbocycles. The van der Waals surface area contributed by atoms with E-state index in [2.05, 4.69) is 37.9 Å². The third kappa shape index (κ3) is 4.65. The lowest BCUT2D eigenvalue weighted by atomic mass is 10.1. The summed E-state index contributed by atoms with van der Waals surface area (Å²) >= 11 is 6.67. The van der Waals surface area contributed by atoms with Crippen molar-refractivity contribution in [1.29, 1.82) is 5.26 Å². The van der Waals surface area contributed by atoms with Crippen molar-refractivity contribution in [3.63, 3.8) is 0 Å². The van der Waals surface area contributed by atoms with Crippen LogP contribution in [0.2, 0.25) is 0 Å². The summed E-state index contributed by atoms with van der Waals surface area (Å²) in [5, 5.41) is 9.49. The number of ether oxygens (including phenoxy) is 2. The average Bonchev–Trinajstić information content (AvgIpc) is 3.20. The molecule has 6 heteroatoms. The number of para-hydroxylation sites is 1. The summed E-state index contributed by atoms with van der Waals surface area (Å²) in [7, 11) is 0. The van der Waals surface area contributed by atoms with Crippen LogP contribution in [-0.2, 0) is 9.53 Å². The van der Waals surface area contributed by atoms with E-state index >= 15 is 0 Å². The Balaban J connectivity index is 1.66. The molecule has 4 nitrogen and oxygen atoms in total. The Morgan fingerprint density at radius 1 is 1.11 bits per heavy atom. The van der Waals surface area contributed by atoms with Crippen LogP contribution in [0.5, 0.6) is 11.5 Å². The molecule has 0 radical (unpaired) electrons. The maximum atomic E-state index is 12.6. The molecule has 0 unspecified atom stereocenters. The zero-order chi connectivity index (χ0) is 20.3. The summed E-state index contributed by atoms with van der Waals surface area (Å²) in [5.74, 6) is 0.813. The van der Waals surface area contributed by atoms with Crippen molar-refractivity contribution in [1.82, 2.24) is 0 Å². The van der Waals surface area contributed by atoms with Crippen molar-refractivity contribution in [3.05, 3.63) is 69.6 Å². The van der Waals surface area contributed by atoms with Gasteiger partial charge in [0.25, 0.3) is 0 Å². The minimum absolute atomic E-state index is 0.0646. The second kappa shape index (κ2) is 8.50. The van der Waals surface area contributed by atoms with Crippen LogP contribution < -0.4 is 4.74 Å². The molecule has 0 aromatic heterocycles. The van der Waals surface area contributed by atoms with Crippen LogP contribution in [0.1, 0.15) is 25.5 Å². The van der Waals surface area contributed by atoms with Gasteiger partial charge in [-0.3, -0.25) is 4.79 Å². The molecule has 3 rings (SSSR count). The molecule has 0 amide bonds. The fourth-order valence-corrected chi connectivity index (χ4v) is 3.84. The van der Waals surface area contributed by atoms with Crippen molar-refractivity contribution in [2.75, 3.05) is 0 Å². The summed E-state index contributed by atoms with van der Waals surface area (Å²) in [5.41, 5.74) is 0.417. The quantitative estimate of drug-likeness (QED) is 0.422. The lowest BCUT2D eigenvalue weighted by Crippen LogP contribution is -2.14. The number of hydrogen-bond acceptors (Lipinski definition) is 4. The Hall–Kier alpha value is -2.10. The number of nitriles is 1. The number of halogens is 2. The zero-order valence-corrected chi connectivity index (χ0v) is 18.6. The van der Waals surface area contributed by atoms with E-state index in [1.807, 2.05) is 50.3 Å². The smallest absolute Gasteiger partial charge is 0.311 e. The lowest BCUT2D eigenvalue weighted by Gasteiger charge is -2.13. The molecule has 2 aromatic rings. The van der Waals surface area contributed by atoms with Gasteiger partial charge in [-0.2, -0.15) is 5.26 Å². The second-order valence-electron chi connectivity index (χ2n) is 7.21.